The zero-order valence-electron chi connectivity index (χ0n) is 17.6. The minimum Gasteiger partial charge on any atom is -0.308 e. The van der Waals surface area contributed by atoms with E-state index in [1.807, 2.05) is 19.0 Å². The highest BCUT2D eigenvalue weighted by molar-refractivity contribution is 7.91. The number of halogens is 3. The van der Waals surface area contributed by atoms with E-state index >= 15 is 0 Å². The number of hydrogen-bond acceptors (Lipinski definition) is 6. The summed E-state index contributed by atoms with van der Waals surface area (Å²) in [5, 5.41) is 0.261. The van der Waals surface area contributed by atoms with Gasteiger partial charge in [0.25, 0.3) is 0 Å². The first-order valence-corrected chi connectivity index (χ1v) is 12.1. The number of thiazole rings is 1. The van der Waals surface area contributed by atoms with Gasteiger partial charge in [0.1, 0.15) is 11.3 Å². The quantitative estimate of drug-likeness (QED) is 0.439. The number of nitrogens with zero attached hydrogens (tertiary/aromatic N) is 3. The van der Waals surface area contributed by atoms with Crippen LogP contribution in [0.15, 0.2) is 47.4 Å². The Hall–Kier alpha value is -2.14. The molecular formula is C21H24ClF2N3O3S2. The molecule has 0 saturated carbocycles. The van der Waals surface area contributed by atoms with Gasteiger partial charge in [0.2, 0.25) is 5.91 Å². The minimum atomic E-state index is -3.49. The van der Waals surface area contributed by atoms with Crippen molar-refractivity contribution in [2.24, 2.45) is 0 Å². The van der Waals surface area contributed by atoms with Crippen LogP contribution < -0.4 is 4.90 Å². The largest absolute Gasteiger partial charge is 0.308 e. The molecule has 3 rings (SSSR count). The first-order valence-electron chi connectivity index (χ1n) is 9.66. The van der Waals surface area contributed by atoms with Gasteiger partial charge >= 0.3 is 0 Å². The normalized spacial score (nSPS) is 11.5. The Balaban J connectivity index is 0.00000363. The molecule has 2 aromatic carbocycles. The third-order valence-corrected chi connectivity index (χ3v) is 7.45. The summed E-state index contributed by atoms with van der Waals surface area (Å²) in [6.45, 7) is 0.821. The van der Waals surface area contributed by atoms with E-state index in [0.717, 1.165) is 17.4 Å². The van der Waals surface area contributed by atoms with E-state index in [2.05, 4.69) is 4.98 Å². The predicted molar refractivity (Wildman–Crippen MR) is 125 cm³/mol. The van der Waals surface area contributed by atoms with Crippen LogP contribution in [0.1, 0.15) is 12.8 Å². The highest BCUT2D eigenvalue weighted by Crippen LogP contribution is 2.31. The lowest BCUT2D eigenvalue weighted by molar-refractivity contribution is -0.118. The molecular weight excluding hydrogens is 480 g/mol. The average Bonchev–Trinajstić information content (AvgIpc) is 3.12. The van der Waals surface area contributed by atoms with Gasteiger partial charge in [0.05, 0.1) is 15.3 Å². The monoisotopic (exact) mass is 503 g/mol. The standard InChI is InChI=1S/C21H23F2N3O3S2.ClH/c1-25(2)10-11-26(21-24-20-17(23)13-15(22)14-18(20)30-21)19(27)9-6-12-31(28,29)16-7-4-3-5-8-16;/h3-5,7-8,13-14H,6,9-12H2,1-2H3;1H. The molecule has 3 aromatic rings. The van der Waals surface area contributed by atoms with Gasteiger partial charge < -0.3 is 4.90 Å². The van der Waals surface area contributed by atoms with Crippen LogP contribution in [0.3, 0.4) is 0 Å². The van der Waals surface area contributed by atoms with Crippen LogP contribution in [0.2, 0.25) is 0 Å². The number of carbonyl (C=O) groups excluding carboxylic acids is 1. The molecule has 0 aliphatic carbocycles. The lowest BCUT2D eigenvalue weighted by Crippen LogP contribution is -2.36. The van der Waals surface area contributed by atoms with Gasteiger partial charge in [-0.3, -0.25) is 9.69 Å². The van der Waals surface area contributed by atoms with Crippen LogP contribution >= 0.6 is 23.7 Å². The van der Waals surface area contributed by atoms with E-state index < -0.39 is 21.5 Å². The Bertz CT molecular complexity index is 1170. The minimum absolute atomic E-state index is 0. The van der Waals surface area contributed by atoms with Crippen molar-refractivity contribution >= 4 is 54.8 Å². The number of sulfone groups is 1. The molecule has 174 valence electrons. The van der Waals surface area contributed by atoms with Crippen molar-refractivity contribution in [1.82, 2.24) is 9.88 Å². The van der Waals surface area contributed by atoms with Gasteiger partial charge in [-0.05, 0) is 38.7 Å². The fraction of sp³-hybridized carbons (Fsp3) is 0.333. The van der Waals surface area contributed by atoms with E-state index in [1.165, 1.54) is 23.1 Å². The highest BCUT2D eigenvalue weighted by atomic mass is 35.5. The summed E-state index contributed by atoms with van der Waals surface area (Å²) in [6, 6.07) is 10.0. The molecule has 0 aliphatic rings. The Kier molecular flexibility index (Phi) is 9.08. The molecule has 0 unspecified atom stereocenters. The van der Waals surface area contributed by atoms with Crippen LogP contribution in [-0.4, -0.2) is 57.1 Å². The van der Waals surface area contributed by atoms with Gasteiger partial charge in [0, 0.05) is 25.6 Å². The van der Waals surface area contributed by atoms with Crippen molar-refractivity contribution in [3.63, 3.8) is 0 Å². The molecule has 0 atom stereocenters. The number of hydrogen-bond donors (Lipinski definition) is 0. The number of likely N-dealkylation sites (N-methyl/N-ethyl adjacent to an activating group) is 1. The van der Waals surface area contributed by atoms with Crippen LogP contribution in [0, 0.1) is 11.6 Å². The van der Waals surface area contributed by atoms with Gasteiger partial charge in [-0.15, -0.1) is 12.4 Å². The van der Waals surface area contributed by atoms with Crippen molar-refractivity contribution in [2.45, 2.75) is 17.7 Å². The Morgan fingerprint density at radius 2 is 1.78 bits per heavy atom. The number of carbonyl (C=O) groups is 1. The van der Waals surface area contributed by atoms with Crippen molar-refractivity contribution in [1.29, 1.82) is 0 Å². The van der Waals surface area contributed by atoms with Crippen LogP contribution in [0.5, 0.6) is 0 Å². The van der Waals surface area contributed by atoms with Gasteiger partial charge in [-0.2, -0.15) is 0 Å². The smallest absolute Gasteiger partial charge is 0.228 e. The lowest BCUT2D eigenvalue weighted by Gasteiger charge is -2.22. The lowest BCUT2D eigenvalue weighted by atomic mass is 10.3. The number of fused-ring (bicyclic) bond motifs is 1. The summed E-state index contributed by atoms with van der Waals surface area (Å²) in [4.78, 5) is 20.6. The first kappa shape index (κ1) is 26.1. The van der Waals surface area contributed by atoms with Crippen molar-refractivity contribution in [2.75, 3.05) is 37.8 Å². The molecule has 11 heteroatoms. The summed E-state index contributed by atoms with van der Waals surface area (Å²) < 4.78 is 52.8. The molecule has 6 nitrogen and oxygen atoms in total. The Labute approximate surface area is 196 Å². The maximum atomic E-state index is 14.1. The topological polar surface area (TPSA) is 70.6 Å². The van der Waals surface area contributed by atoms with Gasteiger partial charge in [-0.25, -0.2) is 22.2 Å². The Morgan fingerprint density at radius 3 is 2.44 bits per heavy atom. The molecule has 0 aliphatic heterocycles. The molecule has 0 fully saturated rings. The van der Waals surface area contributed by atoms with Crippen molar-refractivity contribution in [3.05, 3.63) is 54.1 Å². The summed E-state index contributed by atoms with van der Waals surface area (Å²) in [7, 11) is 0.213. The Morgan fingerprint density at radius 1 is 1.09 bits per heavy atom. The average molecular weight is 504 g/mol. The molecule has 0 saturated heterocycles. The van der Waals surface area contributed by atoms with Crippen LogP contribution in [0.25, 0.3) is 10.2 Å². The van der Waals surface area contributed by atoms with Crippen molar-refractivity contribution < 1.29 is 22.0 Å². The van der Waals surface area contributed by atoms with Crippen LogP contribution in [0.4, 0.5) is 13.9 Å². The summed E-state index contributed by atoms with van der Waals surface area (Å²) >= 11 is 1.03. The zero-order chi connectivity index (χ0) is 22.6. The molecule has 0 bridgehead atoms. The third kappa shape index (κ3) is 6.44. The number of amides is 1. The molecule has 0 radical (unpaired) electrons. The molecule has 1 amide bonds. The molecule has 1 aromatic heterocycles. The molecule has 0 spiro atoms. The number of anilines is 1. The second-order valence-corrected chi connectivity index (χ2v) is 10.4. The highest BCUT2D eigenvalue weighted by Gasteiger charge is 2.22. The van der Waals surface area contributed by atoms with Gasteiger partial charge in [-0.1, -0.05) is 29.5 Å². The summed E-state index contributed by atoms with van der Waals surface area (Å²) in [6.07, 6.45) is 0.134. The van der Waals surface area contributed by atoms with E-state index in [4.69, 9.17) is 0 Å². The second kappa shape index (κ2) is 11.1. The zero-order valence-corrected chi connectivity index (χ0v) is 20.1. The molecule has 1 heterocycles. The number of benzene rings is 2. The predicted octanol–water partition coefficient (Wildman–Crippen LogP) is 4.15. The maximum absolute atomic E-state index is 14.1. The second-order valence-electron chi connectivity index (χ2n) is 7.31. The maximum Gasteiger partial charge on any atom is 0.228 e. The molecule has 0 N–H and O–H groups in total. The van der Waals surface area contributed by atoms with Crippen LogP contribution in [-0.2, 0) is 14.6 Å². The molecule has 32 heavy (non-hydrogen) atoms. The van der Waals surface area contributed by atoms with E-state index in [-0.39, 0.29) is 52.5 Å². The fourth-order valence-electron chi connectivity index (χ4n) is 2.98. The SMILES string of the molecule is CN(C)CCN(C(=O)CCCS(=O)(=O)c1ccccc1)c1nc2c(F)cc(F)cc2s1.Cl. The third-order valence-electron chi connectivity index (χ3n) is 4.61. The van der Waals surface area contributed by atoms with E-state index in [9.17, 15) is 22.0 Å². The summed E-state index contributed by atoms with van der Waals surface area (Å²) in [5.74, 6) is -1.97. The number of aromatic nitrogens is 1. The van der Waals surface area contributed by atoms with Gasteiger partial charge in [0.15, 0.2) is 20.8 Å². The fourth-order valence-corrected chi connectivity index (χ4v) is 5.36. The van der Waals surface area contributed by atoms with Crippen molar-refractivity contribution in [3.8, 4) is 0 Å². The van der Waals surface area contributed by atoms with E-state index in [1.54, 1.807) is 18.2 Å². The summed E-state index contributed by atoms with van der Waals surface area (Å²) in [5.41, 5.74) is 0.00992. The van der Waals surface area contributed by atoms with E-state index in [0.29, 0.717) is 17.8 Å². The first-order chi connectivity index (χ1) is 14.7. The number of rotatable bonds is 9.